The number of oxime groups is 1. The minimum Gasteiger partial charge on any atom is -0.469 e. The van der Waals surface area contributed by atoms with Crippen molar-refractivity contribution in [3.8, 4) is 0 Å². The highest BCUT2D eigenvalue weighted by atomic mass is 35.5. The Labute approximate surface area is 123 Å². The third-order valence-electron chi connectivity index (χ3n) is 3.33. The van der Waals surface area contributed by atoms with Gasteiger partial charge in [0.05, 0.1) is 19.2 Å². The highest BCUT2D eigenvalue weighted by Gasteiger charge is 2.35. The summed E-state index contributed by atoms with van der Waals surface area (Å²) in [6, 6.07) is 7.60. The van der Waals surface area contributed by atoms with Gasteiger partial charge in [0.1, 0.15) is 5.60 Å². The molecule has 5 heteroatoms. The lowest BCUT2D eigenvalue weighted by molar-refractivity contribution is -0.139. The molecular formula is C15H18ClNO3. The van der Waals surface area contributed by atoms with Crippen LogP contribution in [0.2, 0.25) is 5.02 Å². The molecule has 2 rings (SSSR count). The van der Waals surface area contributed by atoms with Crippen molar-refractivity contribution in [2.24, 2.45) is 5.16 Å². The fourth-order valence-corrected chi connectivity index (χ4v) is 2.40. The van der Waals surface area contributed by atoms with E-state index in [4.69, 9.17) is 21.2 Å². The number of methoxy groups -OCH3 is 1. The van der Waals surface area contributed by atoms with Crippen molar-refractivity contribution >= 4 is 23.3 Å². The van der Waals surface area contributed by atoms with Crippen LogP contribution in [0.1, 0.15) is 38.2 Å². The normalized spacial score (nSPS) is 20.8. The highest BCUT2D eigenvalue weighted by molar-refractivity contribution is 6.30. The highest BCUT2D eigenvalue weighted by Crippen LogP contribution is 2.35. The Morgan fingerprint density at radius 3 is 2.70 bits per heavy atom. The van der Waals surface area contributed by atoms with Gasteiger partial charge in [-0.05, 0) is 31.5 Å². The second-order valence-electron chi connectivity index (χ2n) is 5.49. The van der Waals surface area contributed by atoms with E-state index in [9.17, 15) is 4.79 Å². The van der Waals surface area contributed by atoms with E-state index < -0.39 is 0 Å². The van der Waals surface area contributed by atoms with Gasteiger partial charge in [-0.15, -0.1) is 0 Å². The van der Waals surface area contributed by atoms with Crippen molar-refractivity contribution < 1.29 is 14.4 Å². The van der Waals surface area contributed by atoms with E-state index in [1.54, 1.807) is 0 Å². The molecule has 1 aliphatic heterocycles. The van der Waals surface area contributed by atoms with E-state index in [0.29, 0.717) is 10.7 Å². The fourth-order valence-electron chi connectivity index (χ4n) is 2.27. The fraction of sp³-hybridized carbons (Fsp3) is 0.467. The molecule has 0 aliphatic carbocycles. The molecule has 0 saturated heterocycles. The van der Waals surface area contributed by atoms with Crippen LogP contribution in [0.25, 0.3) is 0 Å². The maximum atomic E-state index is 11.5. The number of esters is 1. The molecule has 0 bridgehead atoms. The van der Waals surface area contributed by atoms with Gasteiger partial charge in [-0.25, -0.2) is 0 Å². The molecule has 1 atom stereocenters. The Bertz CT molecular complexity index is 522. The minimum atomic E-state index is -0.357. The van der Waals surface area contributed by atoms with Crippen LogP contribution in [0.5, 0.6) is 0 Å². The van der Waals surface area contributed by atoms with Crippen LogP contribution in [-0.2, 0) is 14.4 Å². The molecule has 0 fully saturated rings. The van der Waals surface area contributed by atoms with Gasteiger partial charge in [-0.2, -0.15) is 0 Å². The standard InChI is InChI=1S/C15H18ClNO3/c1-15(2)9-12(10-4-6-11(16)7-5-10)13(17-20-15)8-14(18)19-3/h4-7,12H,8-9H2,1-3H3/t12-/m0/s1. The number of hydrogen-bond donors (Lipinski definition) is 0. The average molecular weight is 296 g/mol. The van der Waals surface area contributed by atoms with Crippen LogP contribution in [0.3, 0.4) is 0 Å². The van der Waals surface area contributed by atoms with Crippen molar-refractivity contribution in [2.45, 2.75) is 38.2 Å². The lowest BCUT2D eigenvalue weighted by Gasteiger charge is -2.33. The van der Waals surface area contributed by atoms with Crippen LogP contribution < -0.4 is 0 Å². The van der Waals surface area contributed by atoms with Gasteiger partial charge >= 0.3 is 5.97 Å². The first-order valence-corrected chi connectivity index (χ1v) is 6.86. The Morgan fingerprint density at radius 2 is 2.10 bits per heavy atom. The summed E-state index contributed by atoms with van der Waals surface area (Å²) in [7, 11) is 1.37. The second kappa shape index (κ2) is 5.83. The van der Waals surface area contributed by atoms with Crippen molar-refractivity contribution in [2.75, 3.05) is 7.11 Å². The first-order chi connectivity index (χ1) is 9.41. The van der Waals surface area contributed by atoms with Crippen LogP contribution in [0.4, 0.5) is 0 Å². The molecule has 0 spiro atoms. The SMILES string of the molecule is COC(=O)CC1=NOC(C)(C)C[C@H]1c1ccc(Cl)cc1. The summed E-state index contributed by atoms with van der Waals surface area (Å²) in [5, 5.41) is 4.82. The predicted molar refractivity (Wildman–Crippen MR) is 78.0 cm³/mol. The molecule has 20 heavy (non-hydrogen) atoms. The molecule has 1 heterocycles. The first kappa shape index (κ1) is 14.9. The maximum absolute atomic E-state index is 11.5. The van der Waals surface area contributed by atoms with Gasteiger partial charge in [0.15, 0.2) is 0 Å². The number of carbonyl (C=O) groups is 1. The molecule has 0 N–H and O–H groups in total. The van der Waals surface area contributed by atoms with Crippen molar-refractivity contribution in [1.82, 2.24) is 0 Å². The number of nitrogens with zero attached hydrogens (tertiary/aromatic N) is 1. The zero-order chi connectivity index (χ0) is 14.8. The molecule has 1 aromatic rings. The lowest BCUT2D eigenvalue weighted by atomic mass is 9.82. The summed E-state index contributed by atoms with van der Waals surface area (Å²) in [6.45, 7) is 3.96. The topological polar surface area (TPSA) is 47.9 Å². The number of rotatable bonds is 3. The number of benzene rings is 1. The zero-order valence-electron chi connectivity index (χ0n) is 11.9. The number of ether oxygens (including phenoxy) is 1. The van der Waals surface area contributed by atoms with E-state index in [1.165, 1.54) is 7.11 Å². The molecule has 4 nitrogen and oxygen atoms in total. The van der Waals surface area contributed by atoms with Gasteiger partial charge in [0.2, 0.25) is 0 Å². The van der Waals surface area contributed by atoms with Crippen LogP contribution in [0.15, 0.2) is 29.4 Å². The lowest BCUT2D eigenvalue weighted by Crippen LogP contribution is -2.34. The Balaban J connectivity index is 2.29. The van der Waals surface area contributed by atoms with E-state index in [-0.39, 0.29) is 23.9 Å². The molecule has 0 aromatic heterocycles. The van der Waals surface area contributed by atoms with Crippen LogP contribution in [-0.4, -0.2) is 24.4 Å². The van der Waals surface area contributed by atoms with Crippen molar-refractivity contribution in [3.05, 3.63) is 34.9 Å². The average Bonchev–Trinajstić information content (AvgIpc) is 2.41. The Morgan fingerprint density at radius 1 is 1.45 bits per heavy atom. The molecule has 0 unspecified atom stereocenters. The largest absolute Gasteiger partial charge is 0.469 e. The molecule has 0 radical (unpaired) electrons. The van der Waals surface area contributed by atoms with Crippen molar-refractivity contribution in [1.29, 1.82) is 0 Å². The molecular weight excluding hydrogens is 278 g/mol. The number of carbonyl (C=O) groups excluding carboxylic acids is 1. The quantitative estimate of drug-likeness (QED) is 0.801. The third kappa shape index (κ3) is 3.51. The van der Waals surface area contributed by atoms with Crippen molar-refractivity contribution in [3.63, 3.8) is 0 Å². The summed E-state index contributed by atoms with van der Waals surface area (Å²) < 4.78 is 4.71. The van der Waals surface area contributed by atoms with E-state index in [0.717, 1.165) is 12.0 Å². The summed E-state index contributed by atoms with van der Waals surface area (Å²) in [5.41, 5.74) is 1.41. The monoisotopic (exact) mass is 295 g/mol. The summed E-state index contributed by atoms with van der Waals surface area (Å²) >= 11 is 5.92. The number of halogens is 1. The Kier molecular flexibility index (Phi) is 4.33. The van der Waals surface area contributed by atoms with Crippen LogP contribution in [0, 0.1) is 0 Å². The van der Waals surface area contributed by atoms with E-state index in [1.807, 2.05) is 38.1 Å². The van der Waals surface area contributed by atoms with E-state index >= 15 is 0 Å². The van der Waals surface area contributed by atoms with E-state index in [2.05, 4.69) is 5.16 Å². The molecule has 1 aliphatic rings. The molecule has 0 amide bonds. The van der Waals surface area contributed by atoms with Gasteiger partial charge in [-0.3, -0.25) is 4.79 Å². The second-order valence-corrected chi connectivity index (χ2v) is 5.93. The van der Waals surface area contributed by atoms with Gasteiger partial charge in [0.25, 0.3) is 0 Å². The first-order valence-electron chi connectivity index (χ1n) is 6.48. The summed E-state index contributed by atoms with van der Waals surface area (Å²) in [6.07, 6.45) is 0.893. The summed E-state index contributed by atoms with van der Waals surface area (Å²) in [4.78, 5) is 16.9. The minimum absolute atomic E-state index is 0.0371. The summed E-state index contributed by atoms with van der Waals surface area (Å²) in [5.74, 6) is -0.277. The smallest absolute Gasteiger partial charge is 0.311 e. The maximum Gasteiger partial charge on any atom is 0.311 e. The molecule has 108 valence electrons. The molecule has 1 aromatic carbocycles. The zero-order valence-corrected chi connectivity index (χ0v) is 12.6. The number of hydrogen-bond acceptors (Lipinski definition) is 4. The predicted octanol–water partition coefficient (Wildman–Crippen LogP) is 3.54. The Hall–Kier alpha value is -1.55. The van der Waals surface area contributed by atoms with Gasteiger partial charge in [-0.1, -0.05) is 28.9 Å². The molecule has 0 saturated carbocycles. The van der Waals surface area contributed by atoms with Crippen LogP contribution >= 0.6 is 11.6 Å². The van der Waals surface area contributed by atoms with Gasteiger partial charge < -0.3 is 9.57 Å². The van der Waals surface area contributed by atoms with Gasteiger partial charge in [0, 0.05) is 17.4 Å². The third-order valence-corrected chi connectivity index (χ3v) is 3.59.